The van der Waals surface area contributed by atoms with Crippen LogP contribution in [0.5, 0.6) is 0 Å². The molecule has 10 heteroatoms. The number of fused-ring (bicyclic) bond motifs is 1. The molecule has 0 saturated heterocycles. The van der Waals surface area contributed by atoms with Gasteiger partial charge in [0.2, 0.25) is 5.91 Å². The minimum absolute atomic E-state index is 0.0330. The van der Waals surface area contributed by atoms with Crippen molar-refractivity contribution < 1.29 is 22.8 Å². The van der Waals surface area contributed by atoms with Crippen LogP contribution in [0, 0.1) is 6.92 Å². The average Bonchev–Trinajstić information content (AvgIpc) is 2.84. The van der Waals surface area contributed by atoms with Crippen LogP contribution in [0.2, 0.25) is 0 Å². The highest BCUT2D eigenvalue weighted by molar-refractivity contribution is 6.10. The molecule has 0 bridgehead atoms. The number of aromatic nitrogens is 2. The maximum atomic E-state index is 13.0. The summed E-state index contributed by atoms with van der Waals surface area (Å²) in [5, 5.41) is 5.51. The van der Waals surface area contributed by atoms with E-state index >= 15 is 0 Å². The van der Waals surface area contributed by atoms with E-state index in [-0.39, 0.29) is 35.5 Å². The van der Waals surface area contributed by atoms with Gasteiger partial charge in [-0.2, -0.15) is 13.2 Å². The summed E-state index contributed by atoms with van der Waals surface area (Å²) in [6, 6.07) is 15.7. The summed E-state index contributed by atoms with van der Waals surface area (Å²) in [6.45, 7) is 1.92. The number of nitrogens with zero attached hydrogens (tertiary/aromatic N) is 2. The van der Waals surface area contributed by atoms with Crippen molar-refractivity contribution in [3.05, 3.63) is 100 Å². The minimum atomic E-state index is -4.55. The largest absolute Gasteiger partial charge is 0.416 e. The van der Waals surface area contributed by atoms with Gasteiger partial charge in [-0.05, 0) is 48.9 Å². The number of benzene rings is 3. The lowest BCUT2D eigenvalue weighted by Crippen LogP contribution is -2.24. The number of halogens is 3. The fourth-order valence-electron chi connectivity index (χ4n) is 3.69. The molecule has 1 aromatic heterocycles. The number of carbonyl (C=O) groups excluding carboxylic acids is 2. The van der Waals surface area contributed by atoms with Crippen molar-refractivity contribution in [2.75, 3.05) is 10.6 Å². The van der Waals surface area contributed by atoms with Crippen LogP contribution in [0.1, 0.15) is 27.9 Å². The SMILES string of the molecule is Cc1cccc2c(=O)n(CCC(=O)Nc3ccccc3C(=O)Nc3cccc(C(F)(F)F)c3)cnc12. The third kappa shape index (κ3) is 5.43. The Hall–Kier alpha value is -4.47. The molecule has 3 aromatic carbocycles. The zero-order chi connectivity index (χ0) is 25.9. The molecule has 184 valence electrons. The van der Waals surface area contributed by atoms with Crippen LogP contribution >= 0.6 is 0 Å². The summed E-state index contributed by atoms with van der Waals surface area (Å²) in [7, 11) is 0. The smallest absolute Gasteiger partial charge is 0.325 e. The van der Waals surface area contributed by atoms with E-state index in [2.05, 4.69) is 15.6 Å². The monoisotopic (exact) mass is 494 g/mol. The molecular formula is C26H21F3N4O3. The summed E-state index contributed by atoms with van der Waals surface area (Å²) in [6.07, 6.45) is -3.22. The Morgan fingerprint density at radius 1 is 0.972 bits per heavy atom. The molecule has 0 atom stereocenters. The number of hydrogen-bond acceptors (Lipinski definition) is 4. The number of alkyl halides is 3. The maximum absolute atomic E-state index is 13.0. The maximum Gasteiger partial charge on any atom is 0.416 e. The van der Waals surface area contributed by atoms with Gasteiger partial charge in [-0.25, -0.2) is 4.98 Å². The highest BCUT2D eigenvalue weighted by atomic mass is 19.4. The Bertz CT molecular complexity index is 1510. The van der Waals surface area contributed by atoms with Crippen molar-refractivity contribution in [3.8, 4) is 0 Å². The molecule has 2 N–H and O–H groups in total. The normalized spacial score (nSPS) is 11.3. The topological polar surface area (TPSA) is 93.1 Å². The van der Waals surface area contributed by atoms with Crippen LogP contribution in [0.25, 0.3) is 10.9 Å². The zero-order valence-corrected chi connectivity index (χ0v) is 19.1. The van der Waals surface area contributed by atoms with Crippen LogP contribution in [0.4, 0.5) is 24.5 Å². The molecule has 36 heavy (non-hydrogen) atoms. The first kappa shape index (κ1) is 24.6. The van der Waals surface area contributed by atoms with Gasteiger partial charge in [0, 0.05) is 18.7 Å². The average molecular weight is 494 g/mol. The Morgan fingerprint density at radius 2 is 1.72 bits per heavy atom. The summed E-state index contributed by atoms with van der Waals surface area (Å²) in [5.74, 6) is -1.14. The molecule has 4 aromatic rings. The summed E-state index contributed by atoms with van der Waals surface area (Å²) < 4.78 is 40.2. The lowest BCUT2D eigenvalue weighted by molar-refractivity contribution is -0.137. The Balaban J connectivity index is 1.45. The molecule has 7 nitrogen and oxygen atoms in total. The highest BCUT2D eigenvalue weighted by Gasteiger charge is 2.30. The molecule has 0 spiro atoms. The fraction of sp³-hybridized carbons (Fsp3) is 0.154. The molecule has 4 rings (SSSR count). The molecule has 0 aliphatic carbocycles. The predicted molar refractivity (Wildman–Crippen MR) is 130 cm³/mol. The second-order valence-electron chi connectivity index (χ2n) is 8.09. The zero-order valence-electron chi connectivity index (χ0n) is 19.1. The van der Waals surface area contributed by atoms with Gasteiger partial charge in [-0.15, -0.1) is 0 Å². The van der Waals surface area contributed by atoms with Crippen molar-refractivity contribution in [1.29, 1.82) is 0 Å². The number of amides is 2. The van der Waals surface area contributed by atoms with Gasteiger partial charge in [0.25, 0.3) is 11.5 Å². The Labute approximate surface area is 203 Å². The molecule has 0 saturated carbocycles. The van der Waals surface area contributed by atoms with Gasteiger partial charge in [-0.1, -0.05) is 30.3 Å². The molecule has 0 fully saturated rings. The second-order valence-corrected chi connectivity index (χ2v) is 8.09. The van der Waals surface area contributed by atoms with Crippen LogP contribution in [0.3, 0.4) is 0 Å². The fourth-order valence-corrected chi connectivity index (χ4v) is 3.69. The third-order valence-electron chi connectivity index (χ3n) is 5.53. The number of hydrogen-bond donors (Lipinski definition) is 2. The number of rotatable bonds is 6. The van der Waals surface area contributed by atoms with E-state index in [9.17, 15) is 27.6 Å². The van der Waals surface area contributed by atoms with Crippen molar-refractivity contribution >= 4 is 34.1 Å². The van der Waals surface area contributed by atoms with E-state index in [0.29, 0.717) is 10.9 Å². The van der Waals surface area contributed by atoms with Crippen LogP contribution < -0.4 is 16.2 Å². The summed E-state index contributed by atoms with van der Waals surface area (Å²) in [4.78, 5) is 42.4. The molecule has 0 aliphatic rings. The molecular weight excluding hydrogens is 473 g/mol. The summed E-state index contributed by atoms with van der Waals surface area (Å²) >= 11 is 0. The van der Waals surface area contributed by atoms with E-state index in [1.807, 2.05) is 13.0 Å². The van der Waals surface area contributed by atoms with E-state index in [1.165, 1.54) is 35.2 Å². The lowest BCUT2D eigenvalue weighted by Gasteiger charge is -2.13. The number of para-hydroxylation sites is 2. The molecule has 2 amide bonds. The van der Waals surface area contributed by atoms with E-state index in [4.69, 9.17) is 0 Å². The van der Waals surface area contributed by atoms with Crippen molar-refractivity contribution in [2.45, 2.75) is 26.1 Å². The highest BCUT2D eigenvalue weighted by Crippen LogP contribution is 2.31. The molecule has 0 radical (unpaired) electrons. The minimum Gasteiger partial charge on any atom is -0.325 e. The van der Waals surface area contributed by atoms with Gasteiger partial charge in [-0.3, -0.25) is 19.0 Å². The van der Waals surface area contributed by atoms with Crippen LogP contribution in [-0.4, -0.2) is 21.4 Å². The van der Waals surface area contributed by atoms with Crippen molar-refractivity contribution in [3.63, 3.8) is 0 Å². The first-order chi connectivity index (χ1) is 17.1. The Morgan fingerprint density at radius 3 is 2.50 bits per heavy atom. The number of nitrogens with one attached hydrogen (secondary N) is 2. The summed E-state index contributed by atoms with van der Waals surface area (Å²) in [5.41, 5.74) is 0.537. The first-order valence-electron chi connectivity index (χ1n) is 11.0. The van der Waals surface area contributed by atoms with Gasteiger partial charge < -0.3 is 10.6 Å². The van der Waals surface area contributed by atoms with Crippen LogP contribution in [-0.2, 0) is 17.5 Å². The van der Waals surface area contributed by atoms with Gasteiger partial charge in [0.05, 0.1) is 34.0 Å². The van der Waals surface area contributed by atoms with E-state index in [0.717, 1.165) is 17.7 Å². The van der Waals surface area contributed by atoms with Crippen molar-refractivity contribution in [2.24, 2.45) is 0 Å². The number of carbonyl (C=O) groups is 2. The second kappa shape index (κ2) is 10.0. The molecule has 0 unspecified atom stereocenters. The first-order valence-corrected chi connectivity index (χ1v) is 11.0. The van der Waals surface area contributed by atoms with Crippen molar-refractivity contribution in [1.82, 2.24) is 9.55 Å². The quantitative estimate of drug-likeness (QED) is 0.394. The van der Waals surface area contributed by atoms with Crippen LogP contribution in [0.15, 0.2) is 77.9 Å². The molecule has 1 heterocycles. The lowest BCUT2D eigenvalue weighted by atomic mass is 10.1. The number of aryl methyl sites for hydroxylation is 2. The van der Waals surface area contributed by atoms with E-state index in [1.54, 1.807) is 24.3 Å². The Kier molecular flexibility index (Phi) is 6.86. The van der Waals surface area contributed by atoms with E-state index < -0.39 is 23.6 Å². The molecule has 0 aliphatic heterocycles. The van der Waals surface area contributed by atoms with Gasteiger partial charge in [0.15, 0.2) is 0 Å². The standard InChI is InChI=1S/C26H21F3N4O3/c1-16-6-4-10-20-23(16)30-15-33(25(20)36)13-12-22(34)32-21-11-3-2-9-19(21)24(35)31-18-8-5-7-17(14-18)26(27,28)29/h2-11,14-15H,12-13H2,1H3,(H,31,35)(H,32,34). The number of anilines is 2. The van der Waals surface area contributed by atoms with Gasteiger partial charge in [0.1, 0.15) is 0 Å². The predicted octanol–water partition coefficient (Wildman–Crippen LogP) is 5.00. The van der Waals surface area contributed by atoms with Gasteiger partial charge >= 0.3 is 6.18 Å². The third-order valence-corrected chi connectivity index (χ3v) is 5.53.